The van der Waals surface area contributed by atoms with Crippen LogP contribution in [-0.2, 0) is 6.42 Å². The lowest BCUT2D eigenvalue weighted by Gasteiger charge is -2.12. The highest BCUT2D eigenvalue weighted by Gasteiger charge is 2.06. The standard InChI is InChI=1S/C12H14N2O2/c1-16-11-4-2-10(3-5-11)8-12(15)14-7-6-13-9-14/h2-7,9,12,15H,8H2,1H3. The summed E-state index contributed by atoms with van der Waals surface area (Å²) >= 11 is 0. The molecule has 2 aromatic rings. The van der Waals surface area contributed by atoms with E-state index in [-0.39, 0.29) is 0 Å². The Labute approximate surface area is 94.1 Å². The second kappa shape index (κ2) is 4.81. The van der Waals surface area contributed by atoms with Gasteiger partial charge in [-0.05, 0) is 17.7 Å². The van der Waals surface area contributed by atoms with E-state index in [0.717, 1.165) is 11.3 Å². The molecule has 84 valence electrons. The molecule has 0 saturated heterocycles. The maximum atomic E-state index is 9.88. The number of aromatic nitrogens is 2. The van der Waals surface area contributed by atoms with E-state index < -0.39 is 6.23 Å². The Bertz CT molecular complexity index is 423. The summed E-state index contributed by atoms with van der Waals surface area (Å²) in [6, 6.07) is 7.66. The number of hydrogen-bond acceptors (Lipinski definition) is 3. The second-order valence-corrected chi connectivity index (χ2v) is 3.54. The van der Waals surface area contributed by atoms with E-state index in [4.69, 9.17) is 4.74 Å². The van der Waals surface area contributed by atoms with Gasteiger partial charge in [-0.2, -0.15) is 0 Å². The molecule has 1 aromatic heterocycles. The minimum Gasteiger partial charge on any atom is -0.497 e. The first kappa shape index (κ1) is 10.7. The maximum absolute atomic E-state index is 9.88. The van der Waals surface area contributed by atoms with Crippen LogP contribution < -0.4 is 4.74 Å². The molecule has 4 nitrogen and oxygen atoms in total. The first-order valence-electron chi connectivity index (χ1n) is 5.08. The maximum Gasteiger partial charge on any atom is 0.135 e. The zero-order valence-corrected chi connectivity index (χ0v) is 9.08. The van der Waals surface area contributed by atoms with E-state index in [1.807, 2.05) is 24.3 Å². The van der Waals surface area contributed by atoms with E-state index in [1.165, 1.54) is 0 Å². The molecule has 0 saturated carbocycles. The van der Waals surface area contributed by atoms with Crippen LogP contribution in [-0.4, -0.2) is 21.8 Å². The van der Waals surface area contributed by atoms with Crippen LogP contribution in [0.5, 0.6) is 5.75 Å². The number of imidazole rings is 1. The Morgan fingerprint density at radius 1 is 1.38 bits per heavy atom. The third-order valence-electron chi connectivity index (χ3n) is 2.45. The highest BCUT2D eigenvalue weighted by Crippen LogP contribution is 2.15. The van der Waals surface area contributed by atoms with Gasteiger partial charge in [0, 0.05) is 18.8 Å². The number of benzene rings is 1. The lowest BCUT2D eigenvalue weighted by molar-refractivity contribution is 0.104. The predicted octanol–water partition coefficient (Wildman–Crippen LogP) is 1.63. The minimum atomic E-state index is -0.573. The molecule has 1 unspecified atom stereocenters. The van der Waals surface area contributed by atoms with Gasteiger partial charge in [0.15, 0.2) is 0 Å². The second-order valence-electron chi connectivity index (χ2n) is 3.54. The van der Waals surface area contributed by atoms with E-state index in [1.54, 1.807) is 30.4 Å². The quantitative estimate of drug-likeness (QED) is 0.848. The molecule has 1 aromatic carbocycles. The SMILES string of the molecule is COc1ccc(CC(O)n2ccnc2)cc1. The summed E-state index contributed by atoms with van der Waals surface area (Å²) in [5.74, 6) is 0.820. The van der Waals surface area contributed by atoms with Crippen molar-refractivity contribution in [2.24, 2.45) is 0 Å². The number of methoxy groups -OCH3 is 1. The number of aliphatic hydroxyl groups is 1. The highest BCUT2D eigenvalue weighted by molar-refractivity contribution is 5.27. The smallest absolute Gasteiger partial charge is 0.135 e. The van der Waals surface area contributed by atoms with Gasteiger partial charge in [-0.15, -0.1) is 0 Å². The molecule has 1 atom stereocenters. The number of hydrogen-bond donors (Lipinski definition) is 1. The summed E-state index contributed by atoms with van der Waals surface area (Å²) in [6.07, 6.45) is 4.98. The van der Waals surface area contributed by atoms with Crippen molar-refractivity contribution in [1.82, 2.24) is 9.55 Å². The van der Waals surface area contributed by atoms with Crippen molar-refractivity contribution in [3.8, 4) is 5.75 Å². The number of ether oxygens (including phenoxy) is 1. The third kappa shape index (κ3) is 2.41. The molecule has 0 spiro atoms. The predicted molar refractivity (Wildman–Crippen MR) is 60.2 cm³/mol. The fourth-order valence-corrected chi connectivity index (χ4v) is 1.52. The summed E-state index contributed by atoms with van der Waals surface area (Å²) in [5, 5.41) is 9.88. The molecule has 4 heteroatoms. The van der Waals surface area contributed by atoms with Crippen LogP contribution in [0.25, 0.3) is 0 Å². The van der Waals surface area contributed by atoms with Gasteiger partial charge in [0.2, 0.25) is 0 Å². The molecule has 1 N–H and O–H groups in total. The molecule has 1 heterocycles. The summed E-state index contributed by atoms with van der Waals surface area (Å²) in [5.41, 5.74) is 1.06. The Hall–Kier alpha value is -1.81. The first-order chi connectivity index (χ1) is 7.79. The van der Waals surface area contributed by atoms with Crippen LogP contribution in [0.1, 0.15) is 11.8 Å². The normalized spacial score (nSPS) is 12.4. The average molecular weight is 218 g/mol. The highest BCUT2D eigenvalue weighted by atomic mass is 16.5. The topological polar surface area (TPSA) is 47.3 Å². The number of aliphatic hydroxyl groups excluding tert-OH is 1. The van der Waals surface area contributed by atoms with Gasteiger partial charge in [-0.1, -0.05) is 12.1 Å². The largest absolute Gasteiger partial charge is 0.497 e. The summed E-state index contributed by atoms with van der Waals surface area (Å²) < 4.78 is 6.74. The first-order valence-corrected chi connectivity index (χ1v) is 5.08. The van der Waals surface area contributed by atoms with Gasteiger partial charge in [-0.3, -0.25) is 0 Å². The van der Waals surface area contributed by atoms with Crippen LogP contribution >= 0.6 is 0 Å². The summed E-state index contributed by atoms with van der Waals surface area (Å²) in [4.78, 5) is 3.90. The van der Waals surface area contributed by atoms with Gasteiger partial charge >= 0.3 is 0 Å². The Balaban J connectivity index is 2.03. The molecular weight excluding hydrogens is 204 g/mol. The fraction of sp³-hybridized carbons (Fsp3) is 0.250. The molecule has 16 heavy (non-hydrogen) atoms. The third-order valence-corrected chi connectivity index (χ3v) is 2.45. The van der Waals surface area contributed by atoms with Crippen LogP contribution in [0, 0.1) is 0 Å². The van der Waals surface area contributed by atoms with Crippen molar-refractivity contribution < 1.29 is 9.84 Å². The zero-order chi connectivity index (χ0) is 11.4. The Morgan fingerprint density at radius 3 is 2.69 bits per heavy atom. The molecule has 0 radical (unpaired) electrons. The van der Waals surface area contributed by atoms with Gasteiger partial charge in [0.1, 0.15) is 12.0 Å². The summed E-state index contributed by atoms with van der Waals surface area (Å²) in [6.45, 7) is 0. The Kier molecular flexibility index (Phi) is 3.22. The lowest BCUT2D eigenvalue weighted by atomic mass is 10.1. The van der Waals surface area contributed by atoms with Crippen LogP contribution in [0.4, 0.5) is 0 Å². The molecule has 2 rings (SSSR count). The van der Waals surface area contributed by atoms with Crippen molar-refractivity contribution in [3.05, 3.63) is 48.5 Å². The lowest BCUT2D eigenvalue weighted by Crippen LogP contribution is -2.08. The van der Waals surface area contributed by atoms with Crippen molar-refractivity contribution in [1.29, 1.82) is 0 Å². The molecular formula is C12H14N2O2. The van der Waals surface area contributed by atoms with Gasteiger partial charge in [0.05, 0.1) is 13.4 Å². The Morgan fingerprint density at radius 2 is 2.12 bits per heavy atom. The monoisotopic (exact) mass is 218 g/mol. The van der Waals surface area contributed by atoms with Crippen LogP contribution in [0.15, 0.2) is 43.0 Å². The van der Waals surface area contributed by atoms with Crippen molar-refractivity contribution in [3.63, 3.8) is 0 Å². The number of nitrogens with zero attached hydrogens (tertiary/aromatic N) is 2. The molecule has 0 amide bonds. The van der Waals surface area contributed by atoms with Crippen molar-refractivity contribution in [2.75, 3.05) is 7.11 Å². The molecule has 0 fully saturated rings. The number of rotatable bonds is 4. The van der Waals surface area contributed by atoms with E-state index in [2.05, 4.69) is 4.98 Å². The fourth-order valence-electron chi connectivity index (χ4n) is 1.52. The zero-order valence-electron chi connectivity index (χ0n) is 9.08. The average Bonchev–Trinajstić information content (AvgIpc) is 2.83. The molecule has 0 aliphatic heterocycles. The van der Waals surface area contributed by atoms with Gasteiger partial charge in [-0.25, -0.2) is 4.98 Å². The van der Waals surface area contributed by atoms with E-state index >= 15 is 0 Å². The van der Waals surface area contributed by atoms with E-state index in [0.29, 0.717) is 6.42 Å². The molecule has 0 bridgehead atoms. The molecule has 0 aliphatic rings. The van der Waals surface area contributed by atoms with Gasteiger partial charge < -0.3 is 14.4 Å². The van der Waals surface area contributed by atoms with Gasteiger partial charge in [0.25, 0.3) is 0 Å². The van der Waals surface area contributed by atoms with Crippen LogP contribution in [0.3, 0.4) is 0 Å². The van der Waals surface area contributed by atoms with Crippen molar-refractivity contribution >= 4 is 0 Å². The summed E-state index contributed by atoms with van der Waals surface area (Å²) in [7, 11) is 1.63. The van der Waals surface area contributed by atoms with Crippen molar-refractivity contribution in [2.45, 2.75) is 12.6 Å². The van der Waals surface area contributed by atoms with E-state index in [9.17, 15) is 5.11 Å². The molecule has 0 aliphatic carbocycles. The van der Waals surface area contributed by atoms with Crippen LogP contribution in [0.2, 0.25) is 0 Å². The minimum absolute atomic E-state index is 0.556.